The Morgan fingerprint density at radius 3 is 2.58 bits per heavy atom. The molecule has 0 amide bonds. The average Bonchev–Trinajstić information content (AvgIpc) is 2.95. The van der Waals surface area contributed by atoms with Gasteiger partial charge in [0.2, 0.25) is 0 Å². The van der Waals surface area contributed by atoms with Crippen molar-refractivity contribution in [2.45, 2.75) is 19.3 Å². The second-order valence-corrected chi connectivity index (χ2v) is 5.23. The molecule has 1 atom stereocenters. The monoisotopic (exact) mass is 277 g/mol. The zero-order valence-corrected chi connectivity index (χ0v) is 11.8. The van der Waals surface area contributed by atoms with Crippen LogP contribution in [0.5, 0.6) is 0 Å². The van der Waals surface area contributed by atoms with Crippen LogP contribution in [0, 0.1) is 0 Å². The lowest BCUT2D eigenvalue weighted by atomic mass is 10.1. The number of benzene rings is 1. The number of nitrogens with one attached hydrogen (secondary N) is 1. The molecule has 0 aliphatic carbocycles. The van der Waals surface area contributed by atoms with Gasteiger partial charge < -0.3 is 15.2 Å². The Hall–Kier alpha value is -1.20. The first kappa shape index (κ1) is 14.2. The van der Waals surface area contributed by atoms with Crippen LogP contribution in [-0.4, -0.2) is 18.8 Å². The molecule has 4 heteroatoms. The van der Waals surface area contributed by atoms with Crippen molar-refractivity contribution in [2.24, 2.45) is 0 Å². The van der Waals surface area contributed by atoms with Gasteiger partial charge in [0.1, 0.15) is 0 Å². The zero-order valence-electron chi connectivity index (χ0n) is 11.0. The number of aliphatic hydroxyl groups excluding tert-OH is 1. The van der Waals surface area contributed by atoms with Gasteiger partial charge in [-0.25, -0.2) is 0 Å². The predicted octanol–water partition coefficient (Wildman–Crippen LogP) is 2.72. The van der Waals surface area contributed by atoms with Gasteiger partial charge in [-0.2, -0.15) is 11.3 Å². The Morgan fingerprint density at radius 1 is 1.21 bits per heavy atom. The van der Waals surface area contributed by atoms with Gasteiger partial charge in [-0.3, -0.25) is 0 Å². The summed E-state index contributed by atoms with van der Waals surface area (Å²) in [5, 5.41) is 17.2. The number of hydrogen-bond acceptors (Lipinski definition) is 4. The van der Waals surface area contributed by atoms with Gasteiger partial charge >= 0.3 is 0 Å². The van der Waals surface area contributed by atoms with Crippen molar-refractivity contribution >= 4 is 11.3 Å². The van der Waals surface area contributed by atoms with E-state index >= 15 is 0 Å². The van der Waals surface area contributed by atoms with E-state index in [2.05, 4.69) is 29.6 Å². The number of hydrogen-bond donors (Lipinski definition) is 2. The summed E-state index contributed by atoms with van der Waals surface area (Å²) in [6.45, 7) is 1.97. The van der Waals surface area contributed by atoms with E-state index in [1.165, 1.54) is 11.1 Å². The minimum atomic E-state index is -0.431. The SMILES string of the molecule is COCc1ccc(CNCC(O)c2ccsc2)cc1. The van der Waals surface area contributed by atoms with Gasteiger partial charge in [-0.05, 0) is 33.5 Å². The fourth-order valence-corrected chi connectivity index (χ4v) is 2.56. The second kappa shape index (κ2) is 7.40. The quantitative estimate of drug-likeness (QED) is 0.817. The first-order valence-corrected chi connectivity index (χ1v) is 7.21. The largest absolute Gasteiger partial charge is 0.387 e. The number of thiophene rings is 1. The summed E-state index contributed by atoms with van der Waals surface area (Å²) in [7, 11) is 1.70. The van der Waals surface area contributed by atoms with Crippen LogP contribution in [0.2, 0.25) is 0 Å². The molecule has 1 heterocycles. The normalized spacial score (nSPS) is 12.5. The maximum atomic E-state index is 9.93. The minimum Gasteiger partial charge on any atom is -0.387 e. The Kier molecular flexibility index (Phi) is 5.54. The summed E-state index contributed by atoms with van der Waals surface area (Å²) in [6.07, 6.45) is -0.431. The van der Waals surface area contributed by atoms with Crippen LogP contribution in [0.4, 0.5) is 0 Å². The predicted molar refractivity (Wildman–Crippen MR) is 78.1 cm³/mol. The molecule has 19 heavy (non-hydrogen) atoms. The van der Waals surface area contributed by atoms with Gasteiger partial charge in [-0.1, -0.05) is 24.3 Å². The highest BCUT2D eigenvalue weighted by atomic mass is 32.1. The summed E-state index contributed by atoms with van der Waals surface area (Å²) in [6, 6.07) is 10.2. The first-order valence-electron chi connectivity index (χ1n) is 6.27. The van der Waals surface area contributed by atoms with Crippen molar-refractivity contribution in [1.29, 1.82) is 0 Å². The topological polar surface area (TPSA) is 41.5 Å². The Balaban J connectivity index is 1.76. The Morgan fingerprint density at radius 2 is 1.95 bits per heavy atom. The molecule has 2 aromatic rings. The molecular weight excluding hydrogens is 258 g/mol. The molecule has 0 saturated carbocycles. The lowest BCUT2D eigenvalue weighted by Crippen LogP contribution is -2.20. The standard InChI is InChI=1S/C15H19NO2S/c1-18-10-13-4-2-12(3-5-13)8-16-9-15(17)14-6-7-19-11-14/h2-7,11,15-17H,8-10H2,1H3. The van der Waals surface area contributed by atoms with Crippen LogP contribution >= 0.6 is 11.3 Å². The van der Waals surface area contributed by atoms with E-state index in [1.807, 2.05) is 16.8 Å². The van der Waals surface area contributed by atoms with Crippen LogP contribution in [0.1, 0.15) is 22.8 Å². The third-order valence-electron chi connectivity index (χ3n) is 2.93. The molecule has 1 aromatic heterocycles. The summed E-state index contributed by atoms with van der Waals surface area (Å²) in [4.78, 5) is 0. The molecule has 1 aromatic carbocycles. The van der Waals surface area contributed by atoms with Gasteiger partial charge in [0.25, 0.3) is 0 Å². The highest BCUT2D eigenvalue weighted by molar-refractivity contribution is 7.07. The fourth-order valence-electron chi connectivity index (χ4n) is 1.86. The minimum absolute atomic E-state index is 0.431. The lowest BCUT2D eigenvalue weighted by molar-refractivity contribution is 0.175. The lowest BCUT2D eigenvalue weighted by Gasteiger charge is -2.10. The van der Waals surface area contributed by atoms with Crippen LogP contribution in [0.25, 0.3) is 0 Å². The third kappa shape index (κ3) is 4.44. The average molecular weight is 277 g/mol. The van der Waals surface area contributed by atoms with Gasteiger partial charge in [0, 0.05) is 20.2 Å². The molecule has 0 aliphatic heterocycles. The summed E-state index contributed by atoms with van der Waals surface area (Å²) in [5.74, 6) is 0. The third-order valence-corrected chi connectivity index (χ3v) is 3.63. The number of methoxy groups -OCH3 is 1. The van der Waals surface area contributed by atoms with E-state index in [0.29, 0.717) is 13.2 Å². The molecule has 0 spiro atoms. The van der Waals surface area contributed by atoms with E-state index in [1.54, 1.807) is 18.4 Å². The maximum absolute atomic E-state index is 9.93. The fraction of sp³-hybridized carbons (Fsp3) is 0.333. The summed E-state index contributed by atoms with van der Waals surface area (Å²) >= 11 is 1.60. The molecule has 2 N–H and O–H groups in total. The Bertz CT molecular complexity index is 467. The number of aliphatic hydroxyl groups is 1. The molecule has 2 rings (SSSR count). The van der Waals surface area contributed by atoms with Crippen molar-refractivity contribution in [3.63, 3.8) is 0 Å². The van der Waals surface area contributed by atoms with Crippen molar-refractivity contribution in [1.82, 2.24) is 5.32 Å². The molecule has 0 bridgehead atoms. The molecule has 0 radical (unpaired) electrons. The highest BCUT2D eigenvalue weighted by Gasteiger charge is 2.06. The maximum Gasteiger partial charge on any atom is 0.0922 e. The van der Waals surface area contributed by atoms with Gasteiger partial charge in [0.15, 0.2) is 0 Å². The summed E-state index contributed by atoms with van der Waals surface area (Å²) in [5.41, 5.74) is 3.36. The van der Waals surface area contributed by atoms with Crippen molar-refractivity contribution in [3.05, 3.63) is 57.8 Å². The van der Waals surface area contributed by atoms with Crippen LogP contribution in [0.3, 0.4) is 0 Å². The molecular formula is C15H19NO2S. The number of ether oxygens (including phenoxy) is 1. The van der Waals surface area contributed by atoms with E-state index in [9.17, 15) is 5.11 Å². The summed E-state index contributed by atoms with van der Waals surface area (Å²) < 4.78 is 5.07. The molecule has 3 nitrogen and oxygen atoms in total. The highest BCUT2D eigenvalue weighted by Crippen LogP contribution is 2.15. The van der Waals surface area contributed by atoms with Crippen molar-refractivity contribution in [2.75, 3.05) is 13.7 Å². The van der Waals surface area contributed by atoms with Crippen molar-refractivity contribution < 1.29 is 9.84 Å². The van der Waals surface area contributed by atoms with E-state index < -0.39 is 6.10 Å². The van der Waals surface area contributed by atoms with Gasteiger partial charge in [-0.15, -0.1) is 0 Å². The van der Waals surface area contributed by atoms with E-state index in [-0.39, 0.29) is 0 Å². The molecule has 0 saturated heterocycles. The zero-order chi connectivity index (χ0) is 13.5. The first-order chi connectivity index (χ1) is 9.29. The smallest absolute Gasteiger partial charge is 0.0922 e. The Labute approximate surface area is 117 Å². The van der Waals surface area contributed by atoms with Crippen LogP contribution in [0.15, 0.2) is 41.1 Å². The van der Waals surface area contributed by atoms with Crippen molar-refractivity contribution in [3.8, 4) is 0 Å². The molecule has 0 fully saturated rings. The second-order valence-electron chi connectivity index (χ2n) is 4.45. The number of rotatable bonds is 7. The van der Waals surface area contributed by atoms with Crippen LogP contribution in [-0.2, 0) is 17.9 Å². The molecule has 102 valence electrons. The van der Waals surface area contributed by atoms with Gasteiger partial charge in [0.05, 0.1) is 12.7 Å². The van der Waals surface area contributed by atoms with E-state index in [0.717, 1.165) is 12.1 Å². The van der Waals surface area contributed by atoms with Crippen LogP contribution < -0.4 is 5.32 Å². The molecule has 0 aliphatic rings. The molecule has 1 unspecified atom stereocenters. The van der Waals surface area contributed by atoms with E-state index in [4.69, 9.17) is 4.74 Å².